The number of sulfonamides is 1. The molecule has 96 valence electrons. The summed E-state index contributed by atoms with van der Waals surface area (Å²) in [4.78, 5) is 3.95. The van der Waals surface area contributed by atoms with Crippen LogP contribution in [0.4, 0.5) is 5.69 Å². The minimum Gasteiger partial charge on any atom is -0.316 e. The highest BCUT2D eigenvalue weighted by Crippen LogP contribution is 2.11. The number of aromatic nitrogens is 1. The quantitative estimate of drug-likeness (QED) is 0.801. The topological polar surface area (TPSA) is 71.1 Å². The smallest absolute Gasteiger partial charge is 0.236 e. The van der Waals surface area contributed by atoms with Crippen molar-refractivity contribution in [2.24, 2.45) is 0 Å². The van der Waals surface area contributed by atoms with Crippen molar-refractivity contribution < 1.29 is 8.42 Å². The molecule has 0 amide bonds. The summed E-state index contributed by atoms with van der Waals surface area (Å²) in [7, 11) is -3.35. The van der Waals surface area contributed by atoms with Crippen molar-refractivity contribution in [3.05, 3.63) is 24.0 Å². The molecule has 0 radical (unpaired) electrons. The van der Waals surface area contributed by atoms with Crippen molar-refractivity contribution in [2.75, 3.05) is 17.8 Å². The predicted octanol–water partition coefficient (Wildman–Crippen LogP) is 1.13. The van der Waals surface area contributed by atoms with Crippen LogP contribution in [0.5, 0.6) is 0 Å². The average Bonchev–Trinajstić information content (AvgIpc) is 2.25. The minimum absolute atomic E-state index is 0.436. The third kappa shape index (κ3) is 4.32. The van der Waals surface area contributed by atoms with Gasteiger partial charge in [0.05, 0.1) is 17.1 Å². The van der Waals surface area contributed by atoms with Crippen LogP contribution in [0.3, 0.4) is 0 Å². The van der Waals surface area contributed by atoms with E-state index in [-0.39, 0.29) is 0 Å². The highest BCUT2D eigenvalue weighted by Gasteiger charge is 2.20. The molecule has 0 fully saturated rings. The first kappa shape index (κ1) is 13.9. The molecule has 1 heterocycles. The Labute approximate surface area is 103 Å². The van der Waals surface area contributed by atoms with E-state index in [2.05, 4.69) is 15.0 Å². The number of nitrogens with one attached hydrogen (secondary N) is 2. The van der Waals surface area contributed by atoms with E-state index in [1.165, 1.54) is 6.20 Å². The molecule has 1 aromatic heterocycles. The van der Waals surface area contributed by atoms with Crippen LogP contribution in [0.2, 0.25) is 0 Å². The summed E-state index contributed by atoms with van der Waals surface area (Å²) in [6.07, 6.45) is 3.18. The van der Waals surface area contributed by atoms with E-state index in [0.29, 0.717) is 12.2 Å². The first-order valence-electron chi connectivity index (χ1n) is 5.59. The van der Waals surface area contributed by atoms with Gasteiger partial charge in [-0.15, -0.1) is 0 Å². The second-order valence-corrected chi connectivity index (χ2v) is 6.12. The fourth-order valence-electron chi connectivity index (χ4n) is 1.33. The number of nitrogens with zero attached hydrogens (tertiary/aromatic N) is 1. The second kappa shape index (κ2) is 5.97. The Kier molecular flexibility index (Phi) is 4.89. The van der Waals surface area contributed by atoms with Gasteiger partial charge in [0, 0.05) is 12.7 Å². The highest BCUT2D eigenvalue weighted by atomic mass is 32.2. The molecule has 5 nitrogen and oxygen atoms in total. The van der Waals surface area contributed by atoms with Gasteiger partial charge in [-0.3, -0.25) is 9.71 Å². The van der Waals surface area contributed by atoms with Crippen molar-refractivity contribution in [2.45, 2.75) is 26.0 Å². The second-order valence-electron chi connectivity index (χ2n) is 4.02. The molecule has 1 unspecified atom stereocenters. The van der Waals surface area contributed by atoms with Gasteiger partial charge in [-0.05, 0) is 32.0 Å². The van der Waals surface area contributed by atoms with E-state index in [4.69, 9.17) is 0 Å². The highest BCUT2D eigenvalue weighted by molar-refractivity contribution is 7.93. The number of pyridine rings is 1. The van der Waals surface area contributed by atoms with Crippen LogP contribution in [-0.2, 0) is 10.0 Å². The molecule has 1 aromatic rings. The molecule has 17 heavy (non-hydrogen) atoms. The number of aryl methyl sites for hydroxylation is 1. The number of hydrogen-bond donors (Lipinski definition) is 2. The number of anilines is 1. The SMILES string of the molecule is CCNCC(C)S(=O)(=O)Nc1cncc(C)c1. The van der Waals surface area contributed by atoms with E-state index < -0.39 is 15.3 Å². The lowest BCUT2D eigenvalue weighted by molar-refractivity contribution is 0.579. The van der Waals surface area contributed by atoms with E-state index in [9.17, 15) is 8.42 Å². The van der Waals surface area contributed by atoms with E-state index in [1.807, 2.05) is 13.8 Å². The van der Waals surface area contributed by atoms with Gasteiger partial charge in [-0.2, -0.15) is 0 Å². The van der Waals surface area contributed by atoms with Crippen molar-refractivity contribution in [1.82, 2.24) is 10.3 Å². The first-order chi connectivity index (χ1) is 7.95. The van der Waals surface area contributed by atoms with E-state index >= 15 is 0 Å². The zero-order valence-corrected chi connectivity index (χ0v) is 11.2. The Morgan fingerprint density at radius 1 is 1.41 bits per heavy atom. The lowest BCUT2D eigenvalue weighted by Crippen LogP contribution is -2.34. The normalized spacial score (nSPS) is 13.4. The molecule has 0 bridgehead atoms. The Hall–Kier alpha value is -1.14. The number of hydrogen-bond acceptors (Lipinski definition) is 4. The van der Waals surface area contributed by atoms with E-state index in [0.717, 1.165) is 12.1 Å². The fourth-order valence-corrected chi connectivity index (χ4v) is 2.31. The van der Waals surface area contributed by atoms with Gasteiger partial charge in [0.15, 0.2) is 0 Å². The Bertz CT molecular complexity index is 460. The zero-order valence-electron chi connectivity index (χ0n) is 10.4. The lowest BCUT2D eigenvalue weighted by Gasteiger charge is -2.14. The molecular weight excluding hydrogens is 238 g/mol. The molecule has 0 saturated carbocycles. The van der Waals surface area contributed by atoms with Gasteiger partial charge in [-0.1, -0.05) is 6.92 Å². The van der Waals surface area contributed by atoms with Gasteiger partial charge in [-0.25, -0.2) is 8.42 Å². The third-order valence-electron chi connectivity index (χ3n) is 2.35. The van der Waals surface area contributed by atoms with Gasteiger partial charge >= 0.3 is 0 Å². The Morgan fingerprint density at radius 2 is 2.12 bits per heavy atom. The van der Waals surface area contributed by atoms with Crippen molar-refractivity contribution >= 4 is 15.7 Å². The summed E-state index contributed by atoms with van der Waals surface area (Å²) in [6.45, 7) is 6.68. The Morgan fingerprint density at radius 3 is 2.71 bits per heavy atom. The summed E-state index contributed by atoms with van der Waals surface area (Å²) in [6, 6.07) is 1.75. The van der Waals surface area contributed by atoms with Crippen molar-refractivity contribution in [3.63, 3.8) is 0 Å². The summed E-state index contributed by atoms with van der Waals surface area (Å²) in [5.41, 5.74) is 1.43. The van der Waals surface area contributed by atoms with Crippen LogP contribution in [-0.4, -0.2) is 31.7 Å². The maximum Gasteiger partial charge on any atom is 0.236 e. The zero-order chi connectivity index (χ0) is 12.9. The summed E-state index contributed by atoms with van der Waals surface area (Å²) < 4.78 is 26.4. The van der Waals surface area contributed by atoms with Gasteiger partial charge in [0.1, 0.15) is 0 Å². The van der Waals surface area contributed by atoms with Gasteiger partial charge < -0.3 is 5.32 Å². The molecule has 0 saturated heterocycles. The fraction of sp³-hybridized carbons (Fsp3) is 0.545. The van der Waals surface area contributed by atoms with E-state index in [1.54, 1.807) is 19.2 Å². The minimum atomic E-state index is -3.35. The molecular formula is C11H19N3O2S. The molecule has 0 aliphatic heterocycles. The maximum absolute atomic E-state index is 11.9. The third-order valence-corrected chi connectivity index (χ3v) is 4.09. The maximum atomic E-state index is 11.9. The summed E-state index contributed by atoms with van der Waals surface area (Å²) in [5, 5.41) is 2.53. The van der Waals surface area contributed by atoms with Crippen molar-refractivity contribution in [1.29, 1.82) is 0 Å². The van der Waals surface area contributed by atoms with Crippen LogP contribution in [0.25, 0.3) is 0 Å². The summed E-state index contributed by atoms with van der Waals surface area (Å²) >= 11 is 0. The molecule has 2 N–H and O–H groups in total. The van der Waals surface area contributed by atoms with Gasteiger partial charge in [0.2, 0.25) is 10.0 Å². The lowest BCUT2D eigenvalue weighted by atomic mass is 10.3. The van der Waals surface area contributed by atoms with Crippen LogP contribution in [0.1, 0.15) is 19.4 Å². The largest absolute Gasteiger partial charge is 0.316 e. The molecule has 1 rings (SSSR count). The molecule has 0 aliphatic rings. The standard InChI is InChI=1S/C11H19N3O2S/c1-4-12-7-10(3)17(15,16)14-11-5-9(2)6-13-8-11/h5-6,8,10,12,14H,4,7H2,1-3H3. The van der Waals surface area contributed by atoms with Gasteiger partial charge in [0.25, 0.3) is 0 Å². The van der Waals surface area contributed by atoms with Crippen LogP contribution < -0.4 is 10.0 Å². The first-order valence-corrected chi connectivity index (χ1v) is 7.14. The molecule has 0 spiro atoms. The average molecular weight is 257 g/mol. The molecule has 0 aliphatic carbocycles. The number of rotatable bonds is 6. The van der Waals surface area contributed by atoms with Crippen LogP contribution in [0.15, 0.2) is 18.5 Å². The monoisotopic (exact) mass is 257 g/mol. The van der Waals surface area contributed by atoms with Crippen molar-refractivity contribution in [3.8, 4) is 0 Å². The van der Waals surface area contributed by atoms with Crippen LogP contribution >= 0.6 is 0 Å². The molecule has 6 heteroatoms. The predicted molar refractivity (Wildman–Crippen MR) is 69.5 cm³/mol. The molecule has 0 aromatic carbocycles. The Balaban J connectivity index is 2.72. The van der Waals surface area contributed by atoms with Crippen LogP contribution in [0, 0.1) is 6.92 Å². The molecule has 1 atom stereocenters. The summed E-state index contributed by atoms with van der Waals surface area (Å²) in [5.74, 6) is 0.